The fourth-order valence-electron chi connectivity index (χ4n) is 4.05. The molecule has 0 aromatic heterocycles. The molecule has 0 bridgehead atoms. The van der Waals surface area contributed by atoms with E-state index in [-0.39, 0.29) is 10.6 Å². The molecule has 0 radical (unpaired) electrons. The van der Waals surface area contributed by atoms with Crippen LogP contribution in [0.2, 0.25) is 0 Å². The summed E-state index contributed by atoms with van der Waals surface area (Å²) >= 11 is 0. The Morgan fingerprint density at radius 2 is 1.61 bits per heavy atom. The first-order chi connectivity index (χ1) is 17.0. The van der Waals surface area contributed by atoms with E-state index in [2.05, 4.69) is 10.2 Å². The zero-order valence-corrected chi connectivity index (χ0v) is 20.4. The minimum atomic E-state index is -4.67. The van der Waals surface area contributed by atoms with Crippen molar-refractivity contribution in [3.8, 4) is 0 Å². The Balaban J connectivity index is 1.61. The van der Waals surface area contributed by atoms with Crippen molar-refractivity contribution in [2.45, 2.75) is 30.8 Å². The quantitative estimate of drug-likeness (QED) is 0.453. The highest BCUT2D eigenvalue weighted by molar-refractivity contribution is 7.92. The number of benzene rings is 3. The third-order valence-corrected chi connectivity index (χ3v) is 7.77. The van der Waals surface area contributed by atoms with E-state index in [9.17, 15) is 26.4 Å². The van der Waals surface area contributed by atoms with Gasteiger partial charge in [0.2, 0.25) is 5.91 Å². The second-order valence-corrected chi connectivity index (χ2v) is 10.5. The van der Waals surface area contributed by atoms with Crippen molar-refractivity contribution >= 4 is 33.0 Å². The van der Waals surface area contributed by atoms with Crippen LogP contribution in [0, 0.1) is 6.92 Å². The Morgan fingerprint density at radius 3 is 2.22 bits per heavy atom. The lowest BCUT2D eigenvalue weighted by molar-refractivity contribution is -0.137. The molecule has 0 saturated carbocycles. The highest BCUT2D eigenvalue weighted by atomic mass is 32.2. The highest BCUT2D eigenvalue weighted by Crippen LogP contribution is 2.33. The minimum absolute atomic E-state index is 0.131. The van der Waals surface area contributed by atoms with Gasteiger partial charge in [-0.2, -0.15) is 13.2 Å². The zero-order valence-electron chi connectivity index (χ0n) is 19.6. The van der Waals surface area contributed by atoms with Crippen LogP contribution in [0.3, 0.4) is 0 Å². The average Bonchev–Trinajstić information content (AvgIpc) is 3.38. The Kier molecular flexibility index (Phi) is 7.26. The molecule has 1 N–H and O–H groups in total. The van der Waals surface area contributed by atoms with E-state index in [1.165, 1.54) is 18.2 Å². The molecule has 1 amide bonds. The van der Waals surface area contributed by atoms with E-state index in [0.717, 1.165) is 55.4 Å². The van der Waals surface area contributed by atoms with E-state index in [1.807, 2.05) is 12.1 Å². The largest absolute Gasteiger partial charge is 0.416 e. The van der Waals surface area contributed by atoms with E-state index < -0.39 is 34.2 Å². The number of aryl methyl sites for hydroxylation is 1. The summed E-state index contributed by atoms with van der Waals surface area (Å²) in [5.41, 5.74) is 1.03. The molecule has 6 nitrogen and oxygen atoms in total. The van der Waals surface area contributed by atoms with E-state index in [1.54, 1.807) is 31.2 Å². The molecule has 1 fully saturated rings. The minimum Gasteiger partial charge on any atom is -0.372 e. The monoisotopic (exact) mass is 517 g/mol. The van der Waals surface area contributed by atoms with E-state index in [0.29, 0.717) is 9.99 Å². The van der Waals surface area contributed by atoms with Gasteiger partial charge in [-0.3, -0.25) is 9.10 Å². The van der Waals surface area contributed by atoms with Gasteiger partial charge in [0.15, 0.2) is 0 Å². The molecule has 10 heteroatoms. The van der Waals surface area contributed by atoms with Crippen molar-refractivity contribution in [2.75, 3.05) is 34.2 Å². The molecule has 0 unspecified atom stereocenters. The summed E-state index contributed by atoms with van der Waals surface area (Å²) in [6.45, 7) is 3.01. The standard InChI is InChI=1S/C26H26F3N3O3S/c1-19-7-13-24(14-8-19)36(34,35)32(23-6-4-5-20(17-23)26(27,28)29)18-25(33)30-21-9-11-22(12-10-21)31-15-2-3-16-31/h4-14,17H,2-3,15-16,18H2,1H3,(H,30,33). The molecular weight excluding hydrogens is 491 g/mol. The number of nitrogens with one attached hydrogen (secondary N) is 1. The number of anilines is 3. The first kappa shape index (κ1) is 25.6. The lowest BCUT2D eigenvalue weighted by atomic mass is 10.2. The number of hydrogen-bond donors (Lipinski definition) is 1. The Hall–Kier alpha value is -3.53. The molecule has 1 aliphatic heterocycles. The van der Waals surface area contributed by atoms with Gasteiger partial charge in [0, 0.05) is 24.5 Å². The summed E-state index contributed by atoms with van der Waals surface area (Å²) in [5, 5.41) is 2.65. The highest BCUT2D eigenvalue weighted by Gasteiger charge is 2.33. The molecule has 0 spiro atoms. The average molecular weight is 518 g/mol. The van der Waals surface area contributed by atoms with Crippen molar-refractivity contribution in [2.24, 2.45) is 0 Å². The molecule has 0 aliphatic carbocycles. The smallest absolute Gasteiger partial charge is 0.372 e. The molecule has 1 aliphatic rings. The number of nitrogens with zero attached hydrogens (tertiary/aromatic N) is 2. The zero-order chi connectivity index (χ0) is 25.9. The third kappa shape index (κ3) is 5.81. The lowest BCUT2D eigenvalue weighted by Gasteiger charge is -2.25. The molecule has 0 atom stereocenters. The fourth-order valence-corrected chi connectivity index (χ4v) is 5.46. The van der Waals surface area contributed by atoms with Crippen LogP contribution >= 0.6 is 0 Å². The second kappa shape index (κ2) is 10.2. The molecule has 190 valence electrons. The number of halogens is 3. The molecule has 1 heterocycles. The van der Waals surface area contributed by atoms with E-state index >= 15 is 0 Å². The van der Waals surface area contributed by atoms with Gasteiger partial charge in [-0.1, -0.05) is 23.8 Å². The maximum atomic E-state index is 13.4. The number of alkyl halides is 3. The predicted molar refractivity (Wildman–Crippen MR) is 134 cm³/mol. The lowest BCUT2D eigenvalue weighted by Crippen LogP contribution is -2.38. The first-order valence-electron chi connectivity index (χ1n) is 11.5. The van der Waals surface area contributed by atoms with Gasteiger partial charge in [0.25, 0.3) is 10.0 Å². The molecular formula is C26H26F3N3O3S. The summed E-state index contributed by atoms with van der Waals surface area (Å²) in [4.78, 5) is 15.0. The molecule has 3 aromatic carbocycles. The van der Waals surface area contributed by atoms with Crippen LogP contribution in [0.5, 0.6) is 0 Å². The maximum absolute atomic E-state index is 13.4. The van der Waals surface area contributed by atoms with Crippen LogP contribution in [0.1, 0.15) is 24.0 Å². The Bertz CT molecular complexity index is 1320. The van der Waals surface area contributed by atoms with Crippen molar-refractivity contribution in [3.63, 3.8) is 0 Å². The van der Waals surface area contributed by atoms with Crippen LogP contribution in [-0.4, -0.2) is 34.0 Å². The number of amides is 1. The third-order valence-electron chi connectivity index (χ3n) is 5.98. The maximum Gasteiger partial charge on any atom is 0.416 e. The first-order valence-corrected chi connectivity index (χ1v) is 12.9. The SMILES string of the molecule is Cc1ccc(S(=O)(=O)N(CC(=O)Nc2ccc(N3CCCC3)cc2)c2cccc(C(F)(F)F)c2)cc1. The van der Waals surface area contributed by atoms with Crippen LogP contribution in [-0.2, 0) is 21.0 Å². The molecule has 36 heavy (non-hydrogen) atoms. The van der Waals surface area contributed by atoms with Crippen LogP contribution in [0.25, 0.3) is 0 Å². The number of hydrogen-bond acceptors (Lipinski definition) is 4. The van der Waals surface area contributed by atoms with Crippen molar-refractivity contribution < 1.29 is 26.4 Å². The normalized spacial score (nSPS) is 14.1. The van der Waals surface area contributed by atoms with Crippen LogP contribution in [0.15, 0.2) is 77.7 Å². The van der Waals surface area contributed by atoms with E-state index in [4.69, 9.17) is 0 Å². The summed E-state index contributed by atoms with van der Waals surface area (Å²) in [6.07, 6.45) is -2.42. The fraction of sp³-hybridized carbons (Fsp3) is 0.269. The van der Waals surface area contributed by atoms with Gasteiger partial charge in [-0.25, -0.2) is 8.42 Å². The summed E-state index contributed by atoms with van der Waals surface area (Å²) < 4.78 is 67.6. The van der Waals surface area contributed by atoms with Crippen molar-refractivity contribution in [1.29, 1.82) is 0 Å². The van der Waals surface area contributed by atoms with Gasteiger partial charge < -0.3 is 10.2 Å². The second-order valence-electron chi connectivity index (χ2n) is 8.66. The summed E-state index contributed by atoms with van der Waals surface area (Å²) in [6, 6.07) is 17.0. The van der Waals surface area contributed by atoms with Crippen molar-refractivity contribution in [1.82, 2.24) is 0 Å². The molecule has 4 rings (SSSR count). The van der Waals surface area contributed by atoms with Crippen molar-refractivity contribution in [3.05, 3.63) is 83.9 Å². The van der Waals surface area contributed by atoms with Gasteiger partial charge in [-0.05, 0) is 74.4 Å². The topological polar surface area (TPSA) is 69.7 Å². The van der Waals surface area contributed by atoms with Gasteiger partial charge in [-0.15, -0.1) is 0 Å². The molecule has 1 saturated heterocycles. The van der Waals surface area contributed by atoms with Gasteiger partial charge >= 0.3 is 6.18 Å². The number of sulfonamides is 1. The number of carbonyl (C=O) groups is 1. The summed E-state index contributed by atoms with van der Waals surface area (Å²) in [5.74, 6) is -0.683. The van der Waals surface area contributed by atoms with Gasteiger partial charge in [0.1, 0.15) is 6.54 Å². The van der Waals surface area contributed by atoms with Crippen LogP contribution in [0.4, 0.5) is 30.2 Å². The summed E-state index contributed by atoms with van der Waals surface area (Å²) in [7, 11) is -4.34. The molecule has 3 aromatic rings. The number of rotatable bonds is 7. The Labute approximate surface area is 208 Å². The predicted octanol–water partition coefficient (Wildman–Crippen LogP) is 5.45. The Morgan fingerprint density at radius 1 is 0.972 bits per heavy atom. The van der Waals surface area contributed by atoms with Crippen LogP contribution < -0.4 is 14.5 Å². The number of carbonyl (C=O) groups excluding carboxylic acids is 1. The van der Waals surface area contributed by atoms with Gasteiger partial charge in [0.05, 0.1) is 16.1 Å².